The van der Waals surface area contributed by atoms with E-state index in [1.165, 1.54) is 6.07 Å². The smallest absolute Gasteiger partial charge is 0.441 e. The van der Waals surface area contributed by atoms with Crippen molar-refractivity contribution in [2.24, 2.45) is 5.92 Å². The molecule has 11 nitrogen and oxygen atoms in total. The maximum absolute atomic E-state index is 15.1. The monoisotopic (exact) mass is 579 g/mol. The summed E-state index contributed by atoms with van der Waals surface area (Å²) in [5.41, 5.74) is -2.20. The number of H-pyrrole nitrogens is 1. The molecule has 3 N–H and O–H groups in total. The summed E-state index contributed by atoms with van der Waals surface area (Å²) in [6.07, 6.45) is -11.1. The van der Waals surface area contributed by atoms with E-state index < -0.39 is 55.3 Å². The first-order valence-corrected chi connectivity index (χ1v) is 12.0. The summed E-state index contributed by atoms with van der Waals surface area (Å²) in [6.45, 7) is -1.28. The lowest BCUT2D eigenvalue weighted by molar-refractivity contribution is -0.330. The Morgan fingerprint density at radius 2 is 1.93 bits per heavy atom. The van der Waals surface area contributed by atoms with Gasteiger partial charge in [-0.05, 0) is 25.2 Å². The molecule has 4 fully saturated rings. The van der Waals surface area contributed by atoms with E-state index in [0.717, 1.165) is 29.9 Å². The summed E-state index contributed by atoms with van der Waals surface area (Å²) in [4.78, 5) is 19.4. The Kier molecular flexibility index (Phi) is 6.10. The molecule has 216 valence electrons. The number of nitrogens with zero attached hydrogens (tertiary/aromatic N) is 4. The molecule has 1 saturated heterocycles. The highest BCUT2D eigenvalue weighted by atomic mass is 19.4. The van der Waals surface area contributed by atoms with Gasteiger partial charge in [-0.1, -0.05) is 0 Å². The van der Waals surface area contributed by atoms with Crippen molar-refractivity contribution in [3.05, 3.63) is 35.4 Å². The van der Waals surface area contributed by atoms with Crippen molar-refractivity contribution in [3.63, 3.8) is 0 Å². The number of alkyl halides is 7. The number of anilines is 2. The Bertz CT molecular complexity index is 1420. The third-order valence-corrected chi connectivity index (χ3v) is 7.07. The maximum atomic E-state index is 15.1. The van der Waals surface area contributed by atoms with Crippen LogP contribution in [0.2, 0.25) is 0 Å². The van der Waals surface area contributed by atoms with Crippen LogP contribution in [0.3, 0.4) is 0 Å². The molecule has 3 aromatic rings. The number of ether oxygens (including phenoxy) is 3. The summed E-state index contributed by atoms with van der Waals surface area (Å²) in [7, 11) is 0. The lowest BCUT2D eigenvalue weighted by Gasteiger charge is -2.61. The molecule has 3 aliphatic carbocycles. The molecule has 7 rings (SSSR count). The second-order valence-corrected chi connectivity index (χ2v) is 10.0. The van der Waals surface area contributed by atoms with Gasteiger partial charge in [-0.3, -0.25) is 14.2 Å². The number of carbonyl (C=O) groups excluding carboxylic acids is 1. The molecule has 0 radical (unpaired) electrons. The van der Waals surface area contributed by atoms with Gasteiger partial charge in [0.2, 0.25) is 5.95 Å². The third kappa shape index (κ3) is 5.12. The molecule has 0 spiro atoms. The minimum Gasteiger partial charge on any atom is -0.441 e. The normalized spacial score (nSPS) is 27.8. The van der Waals surface area contributed by atoms with Gasteiger partial charge in [0.1, 0.15) is 11.8 Å². The Morgan fingerprint density at radius 1 is 1.18 bits per heavy atom. The summed E-state index contributed by atoms with van der Waals surface area (Å²) in [5.74, 6) is 0.0359. The third-order valence-electron chi connectivity index (χ3n) is 7.07. The summed E-state index contributed by atoms with van der Waals surface area (Å²) in [5, 5.41) is 11.7. The summed E-state index contributed by atoms with van der Waals surface area (Å²) in [6, 6.07) is 1.81. The van der Waals surface area contributed by atoms with Crippen LogP contribution in [0.5, 0.6) is 0 Å². The predicted molar refractivity (Wildman–Crippen MR) is 118 cm³/mol. The van der Waals surface area contributed by atoms with Crippen LogP contribution in [-0.4, -0.2) is 61.4 Å². The number of alkyl carbamates (subject to hydrolysis) is 1. The zero-order valence-electron chi connectivity index (χ0n) is 20.1. The van der Waals surface area contributed by atoms with Gasteiger partial charge in [0.25, 0.3) is 0 Å². The van der Waals surface area contributed by atoms with E-state index in [0.29, 0.717) is 12.0 Å². The number of nitrogens with one attached hydrogen (secondary N) is 3. The molecule has 3 aromatic heterocycles. The maximum Gasteiger partial charge on any atom is 0.522 e. The summed E-state index contributed by atoms with van der Waals surface area (Å²) < 4.78 is 108. The van der Waals surface area contributed by atoms with Crippen molar-refractivity contribution in [2.75, 3.05) is 11.9 Å². The number of imidazole rings is 1. The molecule has 4 heterocycles. The number of halogens is 7. The molecular weight excluding hydrogens is 559 g/mol. The predicted octanol–water partition coefficient (Wildman–Crippen LogP) is 4.31. The number of hydrogen-bond acceptors (Lipinski definition) is 8. The largest absolute Gasteiger partial charge is 0.522 e. The fourth-order valence-electron chi connectivity index (χ4n) is 5.11. The number of hydrogen-bond donors (Lipinski definition) is 3. The first-order valence-electron chi connectivity index (χ1n) is 12.0. The fraction of sp³-hybridized carbons (Fsp3) is 0.545. The standard InChI is InChI=1S/C22H20F7N7O4/c23-16-12(40-19(37)33-20-3-9(4-20)5-20)8-38-17(16)11-1-14(35-34-11)32-18-31-13(21(24,25)26)2-15-30-10(6-36(15)18)7-39-22(27,28)29/h1-2,6,9,12,16-17H,3-5,7-8H2,(H,33,37)(H2,31,32,34,35)/t9?,12-,16-,17-,20?/m0/s1. The molecule has 3 atom stereocenters. The number of carbonyl (C=O) groups is 1. The lowest BCUT2D eigenvalue weighted by atomic mass is 9.50. The van der Waals surface area contributed by atoms with E-state index in [2.05, 4.69) is 35.5 Å². The van der Waals surface area contributed by atoms with Crippen molar-refractivity contribution < 1.29 is 49.7 Å². The highest BCUT2D eigenvalue weighted by molar-refractivity contribution is 5.69. The molecule has 3 saturated carbocycles. The first-order chi connectivity index (χ1) is 18.8. The molecule has 0 aromatic carbocycles. The Labute approximate surface area is 219 Å². The fourth-order valence-corrected chi connectivity index (χ4v) is 5.11. The van der Waals surface area contributed by atoms with Gasteiger partial charge in [0.15, 0.2) is 23.8 Å². The molecular formula is C22H20F7N7O4. The molecule has 1 aliphatic heterocycles. The van der Waals surface area contributed by atoms with Crippen molar-refractivity contribution >= 4 is 23.5 Å². The number of fused-ring (bicyclic) bond motifs is 1. The average Bonchev–Trinajstić information content (AvgIpc) is 3.52. The minimum absolute atomic E-state index is 0.0917. The number of amides is 1. The minimum atomic E-state index is -4.97. The Morgan fingerprint density at radius 3 is 2.58 bits per heavy atom. The molecule has 4 aliphatic rings. The van der Waals surface area contributed by atoms with Gasteiger partial charge in [-0.15, -0.1) is 13.2 Å². The SMILES string of the molecule is O=C(NC12CC(C1)C2)O[C@H]1CO[C@@H](c2cc(Nc3nc(C(F)(F)F)cc4nc(COC(F)(F)F)cn34)n[nH]2)[C@H]1F. The van der Waals surface area contributed by atoms with Crippen molar-refractivity contribution in [3.8, 4) is 0 Å². The zero-order valence-corrected chi connectivity index (χ0v) is 20.1. The Balaban J connectivity index is 1.16. The van der Waals surface area contributed by atoms with Crippen molar-refractivity contribution in [1.29, 1.82) is 0 Å². The van der Waals surface area contributed by atoms with E-state index in [1.807, 2.05) is 0 Å². The molecule has 18 heteroatoms. The average molecular weight is 579 g/mol. The second-order valence-electron chi connectivity index (χ2n) is 10.0. The zero-order chi connectivity index (χ0) is 28.4. The van der Waals surface area contributed by atoms with Gasteiger partial charge < -0.3 is 20.1 Å². The van der Waals surface area contributed by atoms with E-state index in [9.17, 15) is 31.1 Å². The number of aromatic nitrogens is 5. The number of aromatic amines is 1. The van der Waals surface area contributed by atoms with Crippen molar-refractivity contribution in [2.45, 2.75) is 62.3 Å². The van der Waals surface area contributed by atoms with Crippen LogP contribution in [0.15, 0.2) is 18.3 Å². The number of rotatable bonds is 7. The highest BCUT2D eigenvalue weighted by Gasteiger charge is 2.58. The van der Waals surface area contributed by atoms with Gasteiger partial charge in [0.05, 0.1) is 24.6 Å². The van der Waals surface area contributed by atoms with Crippen molar-refractivity contribution in [1.82, 2.24) is 29.9 Å². The highest BCUT2D eigenvalue weighted by Crippen LogP contribution is 2.57. The quantitative estimate of drug-likeness (QED) is 0.354. The van der Waals surface area contributed by atoms with Gasteiger partial charge >= 0.3 is 18.6 Å². The van der Waals surface area contributed by atoms with Crippen LogP contribution in [0, 0.1) is 5.92 Å². The van der Waals surface area contributed by atoms with Crippen LogP contribution >= 0.6 is 0 Å². The van der Waals surface area contributed by atoms with Crippen LogP contribution in [-0.2, 0) is 27.0 Å². The van der Waals surface area contributed by atoms with E-state index in [4.69, 9.17) is 9.47 Å². The molecule has 1 amide bonds. The van der Waals surface area contributed by atoms with Crippen LogP contribution in [0.1, 0.15) is 42.4 Å². The van der Waals surface area contributed by atoms with Crippen LogP contribution in [0.4, 0.5) is 47.3 Å². The first kappa shape index (κ1) is 26.5. The molecule has 2 bridgehead atoms. The Hall–Kier alpha value is -3.67. The van der Waals surface area contributed by atoms with Crippen LogP contribution < -0.4 is 10.6 Å². The van der Waals surface area contributed by atoms with Crippen LogP contribution in [0.25, 0.3) is 5.65 Å². The van der Waals surface area contributed by atoms with Gasteiger partial charge in [-0.25, -0.2) is 19.2 Å². The second kappa shape index (κ2) is 9.18. The molecule has 0 unspecified atom stereocenters. The lowest BCUT2D eigenvalue weighted by Crippen LogP contribution is -2.68. The van der Waals surface area contributed by atoms with E-state index in [1.54, 1.807) is 0 Å². The van der Waals surface area contributed by atoms with E-state index >= 15 is 4.39 Å². The topological polar surface area (TPSA) is 128 Å². The molecule has 40 heavy (non-hydrogen) atoms. The summed E-state index contributed by atoms with van der Waals surface area (Å²) >= 11 is 0. The van der Waals surface area contributed by atoms with Gasteiger partial charge in [0, 0.05) is 23.9 Å². The van der Waals surface area contributed by atoms with E-state index in [-0.39, 0.29) is 35.0 Å². The van der Waals surface area contributed by atoms with Gasteiger partial charge in [-0.2, -0.15) is 18.3 Å².